The van der Waals surface area contributed by atoms with E-state index in [1.807, 2.05) is 0 Å². The number of rotatable bonds is 7. The second-order valence-electron chi connectivity index (χ2n) is 6.26. The van der Waals surface area contributed by atoms with E-state index in [4.69, 9.17) is 4.74 Å². The zero-order chi connectivity index (χ0) is 20.8. The molecule has 0 atom stereocenters. The summed E-state index contributed by atoms with van der Waals surface area (Å²) in [6, 6.07) is 12.9. The van der Waals surface area contributed by atoms with Crippen molar-refractivity contribution >= 4 is 34.9 Å². The molecule has 0 radical (unpaired) electrons. The van der Waals surface area contributed by atoms with Crippen LogP contribution in [0.4, 0.5) is 9.18 Å². The number of halogens is 1. The third-order valence-electron chi connectivity index (χ3n) is 4.20. The summed E-state index contributed by atoms with van der Waals surface area (Å²) in [5.74, 6) is -0.410. The number of thioether (sulfide) groups is 1. The third kappa shape index (κ3) is 5.45. The maximum Gasteiger partial charge on any atom is 0.293 e. The van der Waals surface area contributed by atoms with Crippen molar-refractivity contribution in [2.75, 3.05) is 20.2 Å². The highest BCUT2D eigenvalue weighted by atomic mass is 32.2. The van der Waals surface area contributed by atoms with Gasteiger partial charge >= 0.3 is 0 Å². The summed E-state index contributed by atoms with van der Waals surface area (Å²) in [6.07, 6.45) is 1.67. The smallest absolute Gasteiger partial charge is 0.293 e. The number of imide groups is 1. The lowest BCUT2D eigenvalue weighted by Gasteiger charge is -2.13. The molecule has 1 saturated heterocycles. The standard InChI is InChI=1S/C21H19FN2O4S/c1-28-17-7-5-14(6-8-17)12-18-20(26)24(21(27)29-18)10-9-23-19(25)13-15-3-2-4-16(22)11-15/h2-8,11-12H,9-10,13H2,1H3,(H,23,25)/b18-12-. The van der Waals surface area contributed by atoms with E-state index < -0.39 is 11.7 Å². The van der Waals surface area contributed by atoms with Crippen LogP contribution in [0.5, 0.6) is 5.75 Å². The van der Waals surface area contributed by atoms with E-state index in [0.29, 0.717) is 16.2 Å². The lowest BCUT2D eigenvalue weighted by atomic mass is 10.1. The van der Waals surface area contributed by atoms with Gasteiger partial charge in [-0.2, -0.15) is 0 Å². The first-order chi connectivity index (χ1) is 14.0. The molecule has 0 bridgehead atoms. The molecule has 0 unspecified atom stereocenters. The second-order valence-corrected chi connectivity index (χ2v) is 7.26. The van der Waals surface area contributed by atoms with Crippen LogP contribution in [0, 0.1) is 5.82 Å². The van der Waals surface area contributed by atoms with E-state index in [-0.39, 0.29) is 30.7 Å². The molecule has 29 heavy (non-hydrogen) atoms. The van der Waals surface area contributed by atoms with Gasteiger partial charge in [-0.3, -0.25) is 19.3 Å². The molecule has 1 heterocycles. The Kier molecular flexibility index (Phi) is 6.66. The Labute approximate surface area is 171 Å². The van der Waals surface area contributed by atoms with Gasteiger partial charge in [0.05, 0.1) is 18.4 Å². The van der Waals surface area contributed by atoms with E-state index in [2.05, 4.69) is 5.32 Å². The Morgan fingerprint density at radius 3 is 2.66 bits per heavy atom. The number of hydrogen-bond donors (Lipinski definition) is 1. The zero-order valence-electron chi connectivity index (χ0n) is 15.7. The number of carbonyl (C=O) groups is 3. The Hall–Kier alpha value is -3.13. The highest BCUT2D eigenvalue weighted by Gasteiger charge is 2.34. The monoisotopic (exact) mass is 414 g/mol. The summed E-state index contributed by atoms with van der Waals surface area (Å²) < 4.78 is 18.3. The van der Waals surface area contributed by atoms with E-state index in [1.54, 1.807) is 43.5 Å². The van der Waals surface area contributed by atoms with Crippen LogP contribution in [-0.2, 0) is 16.0 Å². The summed E-state index contributed by atoms with van der Waals surface area (Å²) in [5.41, 5.74) is 1.33. The minimum atomic E-state index is -0.406. The van der Waals surface area contributed by atoms with Crippen molar-refractivity contribution in [2.24, 2.45) is 0 Å². The first kappa shape index (κ1) is 20.6. The maximum absolute atomic E-state index is 13.2. The van der Waals surface area contributed by atoms with Crippen LogP contribution in [0.1, 0.15) is 11.1 Å². The fraction of sp³-hybridized carbons (Fsp3) is 0.190. The molecule has 150 valence electrons. The van der Waals surface area contributed by atoms with Crippen LogP contribution in [0.25, 0.3) is 6.08 Å². The van der Waals surface area contributed by atoms with Gasteiger partial charge in [0.25, 0.3) is 11.1 Å². The van der Waals surface area contributed by atoms with Crippen LogP contribution >= 0.6 is 11.8 Å². The predicted molar refractivity (Wildman–Crippen MR) is 109 cm³/mol. The molecular weight excluding hydrogens is 395 g/mol. The van der Waals surface area contributed by atoms with Crippen molar-refractivity contribution < 1.29 is 23.5 Å². The highest BCUT2D eigenvalue weighted by molar-refractivity contribution is 8.18. The normalized spacial score (nSPS) is 15.1. The Morgan fingerprint density at radius 1 is 1.21 bits per heavy atom. The van der Waals surface area contributed by atoms with Crippen LogP contribution in [0.15, 0.2) is 53.4 Å². The first-order valence-corrected chi connectivity index (χ1v) is 9.68. The minimum absolute atomic E-state index is 0.0248. The van der Waals surface area contributed by atoms with Crippen LogP contribution < -0.4 is 10.1 Å². The molecule has 2 aromatic rings. The fourth-order valence-corrected chi connectivity index (χ4v) is 3.61. The summed E-state index contributed by atoms with van der Waals surface area (Å²) in [5, 5.41) is 2.27. The fourth-order valence-electron chi connectivity index (χ4n) is 2.75. The Balaban J connectivity index is 1.53. The van der Waals surface area contributed by atoms with Crippen molar-refractivity contribution in [1.29, 1.82) is 0 Å². The maximum atomic E-state index is 13.2. The third-order valence-corrected chi connectivity index (χ3v) is 5.11. The van der Waals surface area contributed by atoms with Crippen LogP contribution in [0.3, 0.4) is 0 Å². The molecule has 0 spiro atoms. The molecule has 2 aromatic carbocycles. The molecule has 1 N–H and O–H groups in total. The van der Waals surface area contributed by atoms with Gasteiger partial charge < -0.3 is 10.1 Å². The van der Waals surface area contributed by atoms with E-state index in [9.17, 15) is 18.8 Å². The number of nitrogens with one attached hydrogen (secondary N) is 1. The van der Waals surface area contributed by atoms with Crippen molar-refractivity contribution in [1.82, 2.24) is 10.2 Å². The van der Waals surface area contributed by atoms with Crippen LogP contribution in [0.2, 0.25) is 0 Å². The van der Waals surface area contributed by atoms with Gasteiger partial charge in [0.2, 0.25) is 5.91 Å². The number of nitrogens with zero attached hydrogens (tertiary/aromatic N) is 1. The lowest BCUT2D eigenvalue weighted by molar-refractivity contribution is -0.124. The van der Waals surface area contributed by atoms with Gasteiger partial charge in [0.1, 0.15) is 11.6 Å². The number of amides is 3. The lowest BCUT2D eigenvalue weighted by Crippen LogP contribution is -2.37. The van der Waals surface area contributed by atoms with Gasteiger partial charge in [-0.05, 0) is 53.2 Å². The highest BCUT2D eigenvalue weighted by Crippen LogP contribution is 2.32. The van der Waals surface area contributed by atoms with Gasteiger partial charge in [0.15, 0.2) is 0 Å². The van der Waals surface area contributed by atoms with Gasteiger partial charge in [-0.25, -0.2) is 4.39 Å². The van der Waals surface area contributed by atoms with Gasteiger partial charge in [-0.15, -0.1) is 0 Å². The molecule has 6 nitrogen and oxygen atoms in total. The van der Waals surface area contributed by atoms with Crippen molar-refractivity contribution in [2.45, 2.75) is 6.42 Å². The van der Waals surface area contributed by atoms with E-state index in [1.165, 1.54) is 18.2 Å². The molecule has 0 saturated carbocycles. The van der Waals surface area contributed by atoms with E-state index >= 15 is 0 Å². The summed E-state index contributed by atoms with van der Waals surface area (Å²) >= 11 is 0.863. The van der Waals surface area contributed by atoms with Gasteiger partial charge in [-0.1, -0.05) is 24.3 Å². The quantitative estimate of drug-likeness (QED) is 0.704. The molecule has 1 fully saturated rings. The van der Waals surface area contributed by atoms with Crippen molar-refractivity contribution in [3.63, 3.8) is 0 Å². The molecule has 1 aliphatic heterocycles. The number of methoxy groups -OCH3 is 1. The Morgan fingerprint density at radius 2 is 1.97 bits per heavy atom. The number of ether oxygens (including phenoxy) is 1. The molecule has 1 aliphatic rings. The molecule has 0 aromatic heterocycles. The first-order valence-electron chi connectivity index (χ1n) is 8.87. The largest absolute Gasteiger partial charge is 0.497 e. The average Bonchev–Trinajstić information content (AvgIpc) is 2.96. The summed E-state index contributed by atoms with van der Waals surface area (Å²) in [6.45, 7) is 0.196. The van der Waals surface area contributed by atoms with E-state index in [0.717, 1.165) is 22.2 Å². The molecule has 0 aliphatic carbocycles. The van der Waals surface area contributed by atoms with Crippen LogP contribution in [-0.4, -0.2) is 42.2 Å². The number of benzene rings is 2. The number of carbonyl (C=O) groups excluding carboxylic acids is 3. The number of hydrogen-bond acceptors (Lipinski definition) is 5. The van der Waals surface area contributed by atoms with Gasteiger partial charge in [0, 0.05) is 13.1 Å². The molecule has 3 amide bonds. The SMILES string of the molecule is COc1ccc(/C=C2\SC(=O)N(CCNC(=O)Cc3cccc(F)c3)C2=O)cc1. The average molecular weight is 414 g/mol. The topological polar surface area (TPSA) is 75.7 Å². The summed E-state index contributed by atoms with van der Waals surface area (Å²) in [4.78, 5) is 38.0. The molecule has 3 rings (SSSR count). The molecule has 8 heteroatoms. The van der Waals surface area contributed by atoms with Crippen molar-refractivity contribution in [3.8, 4) is 5.75 Å². The minimum Gasteiger partial charge on any atom is -0.497 e. The Bertz CT molecular complexity index is 959. The zero-order valence-corrected chi connectivity index (χ0v) is 16.5. The predicted octanol–water partition coefficient (Wildman–Crippen LogP) is 3.23. The second kappa shape index (κ2) is 9.38. The summed E-state index contributed by atoms with van der Waals surface area (Å²) in [7, 11) is 1.57. The van der Waals surface area contributed by atoms with Crippen molar-refractivity contribution in [3.05, 3.63) is 70.4 Å². The molecular formula is C21H19FN2O4S.